The number of nitrogens with one attached hydrogen (secondary N) is 1. The van der Waals surface area contributed by atoms with E-state index in [0.717, 1.165) is 11.4 Å². The first-order valence-corrected chi connectivity index (χ1v) is 3.78. The van der Waals surface area contributed by atoms with Crippen molar-refractivity contribution in [3.8, 4) is 0 Å². The van der Waals surface area contributed by atoms with Crippen molar-refractivity contribution in [1.29, 1.82) is 0 Å². The Hall–Kier alpha value is -1.45. The molecule has 4 heteroatoms. The Labute approximate surface area is 71.7 Å². The van der Waals surface area contributed by atoms with Crippen molar-refractivity contribution in [1.82, 2.24) is 9.97 Å². The fourth-order valence-corrected chi connectivity index (χ4v) is 0.898. The van der Waals surface area contributed by atoms with Gasteiger partial charge in [-0.25, -0.2) is 15.4 Å². The highest BCUT2D eigenvalue weighted by atomic mass is 15.3. The van der Waals surface area contributed by atoms with E-state index >= 15 is 0 Å². The van der Waals surface area contributed by atoms with Crippen LogP contribution in [0.3, 0.4) is 0 Å². The highest BCUT2D eigenvalue weighted by Crippen LogP contribution is 2.02. The molecular formula is C8H12N4. The Bertz CT molecular complexity index is 273. The van der Waals surface area contributed by atoms with Gasteiger partial charge in [-0.1, -0.05) is 0 Å². The summed E-state index contributed by atoms with van der Waals surface area (Å²) in [6.07, 6.45) is 1.65. The summed E-state index contributed by atoms with van der Waals surface area (Å²) < 4.78 is 0. The minimum Gasteiger partial charge on any atom is -0.246 e. The molecule has 0 aliphatic carbocycles. The number of rotatable bonds is 2. The fraction of sp³-hybridized carbons (Fsp3) is 0.375. The van der Waals surface area contributed by atoms with Crippen LogP contribution in [0.2, 0.25) is 0 Å². The van der Waals surface area contributed by atoms with E-state index in [0.29, 0.717) is 5.95 Å². The number of anilines is 1. The summed E-state index contributed by atoms with van der Waals surface area (Å²) in [5.74, 6) is 0.547. The van der Waals surface area contributed by atoms with Crippen LogP contribution in [0.1, 0.15) is 18.3 Å². The summed E-state index contributed by atoms with van der Waals surface area (Å²) in [6, 6.07) is 1.92. The highest BCUT2D eigenvalue weighted by molar-refractivity contribution is 5.54. The Morgan fingerprint density at radius 1 is 1.33 bits per heavy atom. The third-order valence-corrected chi connectivity index (χ3v) is 1.28. The van der Waals surface area contributed by atoms with Gasteiger partial charge >= 0.3 is 0 Å². The van der Waals surface area contributed by atoms with Crippen LogP contribution >= 0.6 is 0 Å². The SMILES string of the molecule is C/C=N\Nc1nc(C)cc(C)n1. The van der Waals surface area contributed by atoms with Crippen molar-refractivity contribution < 1.29 is 0 Å². The molecule has 1 rings (SSSR count). The second-order valence-corrected chi connectivity index (χ2v) is 2.47. The van der Waals surface area contributed by atoms with Gasteiger partial charge in [0.2, 0.25) is 5.95 Å². The molecule has 1 heterocycles. The van der Waals surface area contributed by atoms with E-state index in [1.165, 1.54) is 0 Å². The molecule has 1 aromatic heterocycles. The van der Waals surface area contributed by atoms with Gasteiger partial charge in [0.15, 0.2) is 0 Å². The first-order chi connectivity index (χ1) is 5.72. The highest BCUT2D eigenvalue weighted by Gasteiger charge is 1.95. The molecule has 0 fully saturated rings. The number of hydrogen-bond acceptors (Lipinski definition) is 4. The number of aromatic nitrogens is 2. The van der Waals surface area contributed by atoms with E-state index in [1.807, 2.05) is 26.8 Å². The van der Waals surface area contributed by atoms with E-state index < -0.39 is 0 Å². The van der Waals surface area contributed by atoms with Crippen LogP contribution in [0.5, 0.6) is 0 Å². The number of aryl methyl sites for hydroxylation is 2. The molecule has 0 radical (unpaired) electrons. The second kappa shape index (κ2) is 3.80. The second-order valence-electron chi connectivity index (χ2n) is 2.47. The van der Waals surface area contributed by atoms with Crippen LogP contribution in [-0.2, 0) is 0 Å². The van der Waals surface area contributed by atoms with Crippen molar-refractivity contribution >= 4 is 12.2 Å². The smallest absolute Gasteiger partial charge is 0.243 e. The monoisotopic (exact) mass is 164 g/mol. The largest absolute Gasteiger partial charge is 0.246 e. The predicted molar refractivity (Wildman–Crippen MR) is 49.3 cm³/mol. The Morgan fingerprint density at radius 2 is 1.92 bits per heavy atom. The van der Waals surface area contributed by atoms with Gasteiger partial charge in [-0.3, -0.25) is 0 Å². The molecule has 0 saturated carbocycles. The van der Waals surface area contributed by atoms with E-state index in [4.69, 9.17) is 0 Å². The normalized spacial score (nSPS) is 10.6. The molecule has 64 valence electrons. The molecular weight excluding hydrogens is 152 g/mol. The van der Waals surface area contributed by atoms with Gasteiger partial charge in [0.05, 0.1) is 0 Å². The van der Waals surface area contributed by atoms with Crippen LogP contribution in [0, 0.1) is 13.8 Å². The Balaban J connectivity index is 2.85. The van der Waals surface area contributed by atoms with Gasteiger partial charge in [0.25, 0.3) is 0 Å². The molecule has 0 saturated heterocycles. The van der Waals surface area contributed by atoms with Gasteiger partial charge in [-0.15, -0.1) is 0 Å². The van der Waals surface area contributed by atoms with Gasteiger partial charge in [0.1, 0.15) is 0 Å². The van der Waals surface area contributed by atoms with Crippen molar-refractivity contribution in [3.05, 3.63) is 17.5 Å². The maximum atomic E-state index is 4.14. The van der Waals surface area contributed by atoms with Crippen molar-refractivity contribution in [3.63, 3.8) is 0 Å². The molecule has 1 N–H and O–H groups in total. The van der Waals surface area contributed by atoms with Crippen LogP contribution in [-0.4, -0.2) is 16.2 Å². The number of hydrazone groups is 1. The van der Waals surface area contributed by atoms with Gasteiger partial charge < -0.3 is 0 Å². The summed E-state index contributed by atoms with van der Waals surface area (Å²) in [6.45, 7) is 5.68. The minimum atomic E-state index is 0.547. The summed E-state index contributed by atoms with van der Waals surface area (Å²) in [5, 5.41) is 3.82. The lowest BCUT2D eigenvalue weighted by atomic mass is 10.4. The maximum absolute atomic E-state index is 4.14. The predicted octanol–water partition coefficient (Wildman–Crippen LogP) is 1.51. The lowest BCUT2D eigenvalue weighted by Gasteiger charge is -2.00. The topological polar surface area (TPSA) is 50.2 Å². The molecule has 0 atom stereocenters. The quantitative estimate of drug-likeness (QED) is 0.532. The van der Waals surface area contributed by atoms with Crippen LogP contribution in [0.25, 0.3) is 0 Å². The van der Waals surface area contributed by atoms with E-state index in [-0.39, 0.29) is 0 Å². The zero-order chi connectivity index (χ0) is 8.97. The van der Waals surface area contributed by atoms with Crippen molar-refractivity contribution in [2.24, 2.45) is 5.10 Å². The lowest BCUT2D eigenvalue weighted by molar-refractivity contribution is 1.03. The first-order valence-electron chi connectivity index (χ1n) is 3.78. The molecule has 0 aliphatic heterocycles. The van der Waals surface area contributed by atoms with Crippen molar-refractivity contribution in [2.45, 2.75) is 20.8 Å². The van der Waals surface area contributed by atoms with Crippen molar-refractivity contribution in [2.75, 3.05) is 5.43 Å². The molecule has 0 unspecified atom stereocenters. The average Bonchev–Trinajstić information content (AvgIpc) is 1.99. The standard InChI is InChI=1S/C8H12N4/c1-4-9-12-8-10-6(2)5-7(3)11-8/h4-5H,1-3H3,(H,10,11,12)/b9-4-. The first kappa shape index (κ1) is 8.64. The lowest BCUT2D eigenvalue weighted by Crippen LogP contribution is -1.98. The van der Waals surface area contributed by atoms with Crippen LogP contribution in [0.15, 0.2) is 11.2 Å². The van der Waals surface area contributed by atoms with E-state index in [2.05, 4.69) is 20.5 Å². The molecule has 12 heavy (non-hydrogen) atoms. The zero-order valence-corrected chi connectivity index (χ0v) is 7.50. The molecule has 4 nitrogen and oxygen atoms in total. The summed E-state index contributed by atoms with van der Waals surface area (Å²) >= 11 is 0. The van der Waals surface area contributed by atoms with Crippen LogP contribution in [0.4, 0.5) is 5.95 Å². The average molecular weight is 164 g/mol. The minimum absolute atomic E-state index is 0.547. The fourth-order valence-electron chi connectivity index (χ4n) is 0.898. The summed E-state index contributed by atoms with van der Waals surface area (Å²) in [5.41, 5.74) is 4.61. The summed E-state index contributed by atoms with van der Waals surface area (Å²) in [4.78, 5) is 8.27. The molecule has 0 aromatic carbocycles. The van der Waals surface area contributed by atoms with Crippen LogP contribution < -0.4 is 5.43 Å². The molecule has 1 aromatic rings. The third kappa shape index (κ3) is 2.30. The molecule has 0 amide bonds. The molecule has 0 spiro atoms. The van der Waals surface area contributed by atoms with Gasteiger partial charge in [0, 0.05) is 17.6 Å². The number of hydrogen-bond donors (Lipinski definition) is 1. The Morgan fingerprint density at radius 3 is 2.42 bits per heavy atom. The van der Waals surface area contributed by atoms with Gasteiger partial charge in [-0.05, 0) is 26.8 Å². The zero-order valence-electron chi connectivity index (χ0n) is 7.50. The Kier molecular flexibility index (Phi) is 2.74. The third-order valence-electron chi connectivity index (χ3n) is 1.28. The van der Waals surface area contributed by atoms with E-state index in [1.54, 1.807) is 6.21 Å². The van der Waals surface area contributed by atoms with E-state index in [9.17, 15) is 0 Å². The number of nitrogens with zero attached hydrogens (tertiary/aromatic N) is 3. The molecule has 0 aliphatic rings. The van der Waals surface area contributed by atoms with Gasteiger partial charge in [-0.2, -0.15) is 5.10 Å². The maximum Gasteiger partial charge on any atom is 0.243 e. The summed E-state index contributed by atoms with van der Waals surface area (Å²) in [7, 11) is 0. The molecule has 0 bridgehead atoms.